The molecule has 1 aliphatic carbocycles. The number of esters is 1. The number of carbonyl (C=O) groups is 2. The monoisotopic (exact) mass is 550 g/mol. The predicted octanol–water partition coefficient (Wildman–Crippen LogP) is 6.94. The topological polar surface area (TPSA) is 85.8 Å². The standard InChI is InChI=1S/C35H38N2O4/c36-34(39)35(41-33(38)29-12-10-27(11-13-29)26-6-2-1-3-7-26)19-14-25(15-20-35)16-21-37-22-17-28(18-23-37)31-24-40-32-9-5-4-8-30(31)32/h1-13,24-25,28H,14-23H2,(H2,36,39). The van der Waals surface area contributed by atoms with Crippen LogP contribution in [-0.2, 0) is 9.53 Å². The van der Waals surface area contributed by atoms with Crippen molar-refractivity contribution in [2.24, 2.45) is 11.7 Å². The van der Waals surface area contributed by atoms with Gasteiger partial charge in [0.15, 0.2) is 5.60 Å². The van der Waals surface area contributed by atoms with Gasteiger partial charge in [0, 0.05) is 10.9 Å². The Morgan fingerprint density at radius 3 is 2.22 bits per heavy atom. The number of hydrogen-bond acceptors (Lipinski definition) is 5. The van der Waals surface area contributed by atoms with Crippen molar-refractivity contribution in [1.29, 1.82) is 0 Å². The first-order valence-corrected chi connectivity index (χ1v) is 14.9. The van der Waals surface area contributed by atoms with E-state index in [1.807, 2.05) is 60.9 Å². The molecule has 2 N–H and O–H groups in total. The number of piperidine rings is 1. The first-order chi connectivity index (χ1) is 20.0. The number of hydrogen-bond donors (Lipinski definition) is 1. The fourth-order valence-electron chi connectivity index (χ4n) is 6.64. The van der Waals surface area contributed by atoms with Gasteiger partial charge in [-0.05, 0) is 106 Å². The Bertz CT molecular complexity index is 1480. The molecule has 0 radical (unpaired) electrons. The van der Waals surface area contributed by atoms with E-state index in [2.05, 4.69) is 17.0 Å². The van der Waals surface area contributed by atoms with Crippen molar-refractivity contribution in [1.82, 2.24) is 4.90 Å². The third kappa shape index (κ3) is 5.94. The van der Waals surface area contributed by atoms with E-state index in [0.29, 0.717) is 30.2 Å². The van der Waals surface area contributed by atoms with Crippen LogP contribution >= 0.6 is 0 Å². The molecule has 6 rings (SSSR count). The molecule has 2 aliphatic rings. The predicted molar refractivity (Wildman–Crippen MR) is 160 cm³/mol. The number of ether oxygens (including phenoxy) is 1. The Balaban J connectivity index is 0.984. The highest BCUT2D eigenvalue weighted by Gasteiger charge is 2.44. The highest BCUT2D eigenvalue weighted by molar-refractivity contribution is 5.94. The Kier molecular flexibility index (Phi) is 7.93. The lowest BCUT2D eigenvalue weighted by atomic mass is 9.76. The SMILES string of the molecule is NC(=O)C1(OC(=O)c2ccc(-c3ccccc3)cc2)CCC(CCN2CCC(c3coc4ccccc34)CC2)CC1. The first kappa shape index (κ1) is 27.3. The van der Waals surface area contributed by atoms with Crippen molar-refractivity contribution in [2.75, 3.05) is 19.6 Å². The minimum Gasteiger partial charge on any atom is -0.464 e. The highest BCUT2D eigenvalue weighted by Crippen LogP contribution is 2.38. The zero-order valence-electron chi connectivity index (χ0n) is 23.5. The van der Waals surface area contributed by atoms with Gasteiger partial charge in [-0.25, -0.2) is 4.79 Å². The largest absolute Gasteiger partial charge is 0.464 e. The van der Waals surface area contributed by atoms with E-state index < -0.39 is 17.5 Å². The van der Waals surface area contributed by atoms with E-state index in [-0.39, 0.29) is 0 Å². The number of para-hydroxylation sites is 1. The zero-order chi connectivity index (χ0) is 28.2. The summed E-state index contributed by atoms with van der Waals surface area (Å²) in [6.07, 6.45) is 7.95. The number of nitrogens with zero attached hydrogens (tertiary/aromatic N) is 1. The van der Waals surface area contributed by atoms with Crippen LogP contribution in [0.1, 0.15) is 66.8 Å². The van der Waals surface area contributed by atoms with Gasteiger partial charge in [-0.1, -0.05) is 60.7 Å². The fraction of sp³-hybridized carbons (Fsp3) is 0.371. The lowest BCUT2D eigenvalue weighted by Crippen LogP contribution is -2.50. The second kappa shape index (κ2) is 11.9. The van der Waals surface area contributed by atoms with Crippen molar-refractivity contribution < 1.29 is 18.7 Å². The summed E-state index contributed by atoms with van der Waals surface area (Å²) < 4.78 is 11.6. The molecule has 0 atom stereocenters. The van der Waals surface area contributed by atoms with Crippen LogP contribution in [0.5, 0.6) is 0 Å². The molecule has 2 heterocycles. The van der Waals surface area contributed by atoms with E-state index in [4.69, 9.17) is 14.9 Å². The van der Waals surface area contributed by atoms with Gasteiger partial charge in [-0.2, -0.15) is 0 Å². The van der Waals surface area contributed by atoms with Gasteiger partial charge in [-0.3, -0.25) is 4.79 Å². The molecule has 0 bridgehead atoms. The summed E-state index contributed by atoms with van der Waals surface area (Å²) in [5.74, 6) is 0.0149. The molecule has 1 saturated carbocycles. The molecule has 6 nitrogen and oxygen atoms in total. The Morgan fingerprint density at radius 2 is 1.51 bits per heavy atom. The van der Waals surface area contributed by atoms with Crippen molar-refractivity contribution in [2.45, 2.75) is 56.5 Å². The van der Waals surface area contributed by atoms with E-state index in [1.54, 1.807) is 12.1 Å². The molecule has 1 saturated heterocycles. The fourth-order valence-corrected chi connectivity index (χ4v) is 6.64. The summed E-state index contributed by atoms with van der Waals surface area (Å²) in [4.78, 5) is 28.1. The lowest BCUT2D eigenvalue weighted by molar-refractivity contribution is -0.142. The summed E-state index contributed by atoms with van der Waals surface area (Å²) in [5, 5.41) is 1.25. The van der Waals surface area contributed by atoms with Gasteiger partial charge in [0.1, 0.15) is 5.58 Å². The third-order valence-electron chi connectivity index (χ3n) is 9.27. The molecule has 212 valence electrons. The molecule has 1 aromatic heterocycles. The van der Waals surface area contributed by atoms with E-state index in [9.17, 15) is 9.59 Å². The molecule has 2 fully saturated rings. The molecule has 0 unspecified atom stereocenters. The molecule has 0 spiro atoms. The number of nitrogens with two attached hydrogens (primary N) is 1. The first-order valence-electron chi connectivity index (χ1n) is 14.9. The van der Waals surface area contributed by atoms with E-state index >= 15 is 0 Å². The second-order valence-electron chi connectivity index (χ2n) is 11.7. The zero-order valence-corrected chi connectivity index (χ0v) is 23.5. The number of likely N-dealkylation sites (tertiary alicyclic amines) is 1. The van der Waals surface area contributed by atoms with Gasteiger partial charge < -0.3 is 19.8 Å². The number of rotatable bonds is 8. The van der Waals surface area contributed by atoms with E-state index in [0.717, 1.165) is 68.4 Å². The van der Waals surface area contributed by atoms with Gasteiger partial charge in [0.05, 0.1) is 11.8 Å². The normalized spacial score (nSPS) is 22.0. The molecular formula is C35H38N2O4. The molecule has 4 aromatic rings. The number of furan rings is 1. The van der Waals surface area contributed by atoms with Gasteiger partial charge in [-0.15, -0.1) is 0 Å². The maximum Gasteiger partial charge on any atom is 0.339 e. The smallest absolute Gasteiger partial charge is 0.339 e. The summed E-state index contributed by atoms with van der Waals surface area (Å²) in [6.45, 7) is 3.23. The summed E-state index contributed by atoms with van der Waals surface area (Å²) in [7, 11) is 0. The van der Waals surface area contributed by atoms with Crippen LogP contribution in [0.25, 0.3) is 22.1 Å². The Hall–Kier alpha value is -3.90. The van der Waals surface area contributed by atoms with Gasteiger partial charge in [0.25, 0.3) is 5.91 Å². The number of fused-ring (bicyclic) bond motifs is 1. The van der Waals surface area contributed by atoms with Crippen LogP contribution in [0.4, 0.5) is 0 Å². The van der Waals surface area contributed by atoms with Crippen molar-refractivity contribution >= 4 is 22.8 Å². The molecule has 3 aromatic carbocycles. The van der Waals surface area contributed by atoms with Crippen LogP contribution in [-0.4, -0.2) is 42.0 Å². The number of carbonyl (C=O) groups excluding carboxylic acids is 2. The Labute approximate surface area is 241 Å². The molecule has 1 amide bonds. The lowest BCUT2D eigenvalue weighted by Gasteiger charge is -2.38. The average molecular weight is 551 g/mol. The number of amides is 1. The summed E-state index contributed by atoms with van der Waals surface area (Å²) in [5.41, 5.74) is 9.44. The van der Waals surface area contributed by atoms with Crippen LogP contribution in [0.2, 0.25) is 0 Å². The molecular weight excluding hydrogens is 512 g/mol. The number of benzene rings is 3. The van der Waals surface area contributed by atoms with Crippen molar-refractivity contribution in [3.63, 3.8) is 0 Å². The van der Waals surface area contributed by atoms with Crippen LogP contribution < -0.4 is 5.73 Å². The minimum absolute atomic E-state index is 0.430. The van der Waals surface area contributed by atoms with Gasteiger partial charge in [0.2, 0.25) is 0 Å². The maximum atomic E-state index is 13.0. The second-order valence-corrected chi connectivity index (χ2v) is 11.7. The molecule has 41 heavy (non-hydrogen) atoms. The highest BCUT2D eigenvalue weighted by atomic mass is 16.6. The average Bonchev–Trinajstić information content (AvgIpc) is 3.46. The van der Waals surface area contributed by atoms with E-state index in [1.165, 1.54) is 10.9 Å². The van der Waals surface area contributed by atoms with Gasteiger partial charge >= 0.3 is 5.97 Å². The molecule has 6 heteroatoms. The van der Waals surface area contributed by atoms with Crippen molar-refractivity contribution in [3.8, 4) is 11.1 Å². The Morgan fingerprint density at radius 1 is 0.854 bits per heavy atom. The number of primary amides is 1. The summed E-state index contributed by atoms with van der Waals surface area (Å²) >= 11 is 0. The maximum absolute atomic E-state index is 13.0. The van der Waals surface area contributed by atoms with Crippen LogP contribution in [0, 0.1) is 5.92 Å². The third-order valence-corrected chi connectivity index (χ3v) is 9.27. The molecule has 1 aliphatic heterocycles. The quantitative estimate of drug-likeness (QED) is 0.240. The summed E-state index contributed by atoms with van der Waals surface area (Å²) in [6, 6.07) is 25.6. The van der Waals surface area contributed by atoms with Crippen LogP contribution in [0.3, 0.4) is 0 Å². The van der Waals surface area contributed by atoms with Crippen LogP contribution in [0.15, 0.2) is 89.5 Å². The van der Waals surface area contributed by atoms with Crippen molar-refractivity contribution in [3.05, 3.63) is 96.3 Å². The minimum atomic E-state index is -1.22.